The van der Waals surface area contributed by atoms with E-state index in [0.29, 0.717) is 35.1 Å². The maximum absolute atomic E-state index is 14.1. The van der Waals surface area contributed by atoms with E-state index in [9.17, 15) is 9.18 Å². The summed E-state index contributed by atoms with van der Waals surface area (Å²) in [7, 11) is 0. The number of rotatable bonds is 3. The van der Waals surface area contributed by atoms with Gasteiger partial charge in [0.25, 0.3) is 0 Å². The number of carbonyl (C=O) groups is 1. The maximum atomic E-state index is 14.1. The summed E-state index contributed by atoms with van der Waals surface area (Å²) >= 11 is 6.59. The first-order chi connectivity index (χ1) is 13.1. The predicted octanol–water partition coefficient (Wildman–Crippen LogP) is 3.69. The Bertz CT molecular complexity index is 995. The third kappa shape index (κ3) is 3.31. The van der Waals surface area contributed by atoms with Gasteiger partial charge in [0, 0.05) is 30.5 Å². The fraction of sp³-hybridized carbons (Fsp3) is 0.300. The van der Waals surface area contributed by atoms with E-state index < -0.39 is 0 Å². The molecule has 1 aromatic carbocycles. The molecule has 0 atom stereocenters. The summed E-state index contributed by atoms with van der Waals surface area (Å²) in [5.41, 5.74) is 8.64. The quantitative estimate of drug-likeness (QED) is 0.720. The Morgan fingerprint density at radius 3 is 2.81 bits per heavy atom. The standard InChI is InChI=1S/C20H20ClFN4O/c21-16-9-13(15-3-6-24-20-19(15)17(22)11-25-20)1-2-14(16)12-4-7-26(8-5-12)18(27)10-23/h1-3,6,9,11-12H,4-5,7-8,10,23H2,(H,24,25). The van der Waals surface area contributed by atoms with Gasteiger partial charge < -0.3 is 15.6 Å². The Hall–Kier alpha value is -2.44. The first-order valence-electron chi connectivity index (χ1n) is 8.97. The number of likely N-dealkylation sites (tertiary alicyclic amines) is 1. The molecule has 1 aliphatic rings. The number of fused-ring (bicyclic) bond motifs is 1. The zero-order chi connectivity index (χ0) is 19.0. The minimum atomic E-state index is -0.328. The molecule has 7 heteroatoms. The first kappa shape index (κ1) is 17.9. The van der Waals surface area contributed by atoms with Crippen molar-refractivity contribution < 1.29 is 9.18 Å². The predicted molar refractivity (Wildman–Crippen MR) is 104 cm³/mol. The molecule has 3 N–H and O–H groups in total. The van der Waals surface area contributed by atoms with Crippen LogP contribution in [0.5, 0.6) is 0 Å². The minimum absolute atomic E-state index is 0.00914. The van der Waals surface area contributed by atoms with Gasteiger partial charge in [-0.25, -0.2) is 9.37 Å². The van der Waals surface area contributed by atoms with Crippen molar-refractivity contribution in [3.8, 4) is 11.1 Å². The van der Waals surface area contributed by atoms with Crippen molar-refractivity contribution in [3.63, 3.8) is 0 Å². The summed E-state index contributed by atoms with van der Waals surface area (Å²) in [6.07, 6.45) is 4.68. The topological polar surface area (TPSA) is 75.0 Å². The lowest BCUT2D eigenvalue weighted by Gasteiger charge is -2.32. The second-order valence-corrected chi connectivity index (χ2v) is 7.22. The monoisotopic (exact) mass is 386 g/mol. The smallest absolute Gasteiger partial charge is 0.236 e. The van der Waals surface area contributed by atoms with Crippen molar-refractivity contribution in [2.75, 3.05) is 19.6 Å². The van der Waals surface area contributed by atoms with Crippen LogP contribution in [-0.4, -0.2) is 40.4 Å². The molecule has 140 valence electrons. The van der Waals surface area contributed by atoms with E-state index in [4.69, 9.17) is 17.3 Å². The number of aromatic amines is 1. The zero-order valence-corrected chi connectivity index (χ0v) is 15.5. The van der Waals surface area contributed by atoms with Gasteiger partial charge in [-0.2, -0.15) is 0 Å². The number of carbonyl (C=O) groups excluding carboxylic acids is 1. The first-order valence-corrected chi connectivity index (χ1v) is 9.35. The van der Waals surface area contributed by atoms with E-state index in [0.717, 1.165) is 29.5 Å². The molecule has 0 spiro atoms. The van der Waals surface area contributed by atoms with Crippen molar-refractivity contribution >= 4 is 28.5 Å². The van der Waals surface area contributed by atoms with E-state index in [1.54, 1.807) is 17.2 Å². The van der Waals surface area contributed by atoms with Crippen LogP contribution in [0.1, 0.15) is 24.3 Å². The van der Waals surface area contributed by atoms with Gasteiger partial charge in [0.15, 0.2) is 5.82 Å². The van der Waals surface area contributed by atoms with E-state index in [-0.39, 0.29) is 18.3 Å². The van der Waals surface area contributed by atoms with Gasteiger partial charge >= 0.3 is 0 Å². The number of amides is 1. The summed E-state index contributed by atoms with van der Waals surface area (Å²) < 4.78 is 14.1. The van der Waals surface area contributed by atoms with Crippen LogP contribution in [0.4, 0.5) is 4.39 Å². The van der Waals surface area contributed by atoms with Gasteiger partial charge in [-0.05, 0) is 47.6 Å². The largest absolute Gasteiger partial charge is 0.343 e. The second kappa shape index (κ2) is 7.29. The highest BCUT2D eigenvalue weighted by Crippen LogP contribution is 2.37. The number of nitrogens with zero attached hydrogens (tertiary/aromatic N) is 2. The number of benzene rings is 1. The Morgan fingerprint density at radius 1 is 1.33 bits per heavy atom. The molecule has 5 nitrogen and oxygen atoms in total. The van der Waals surface area contributed by atoms with Gasteiger partial charge in [0.1, 0.15) is 5.65 Å². The molecule has 3 aromatic rings. The van der Waals surface area contributed by atoms with Crippen LogP contribution in [0, 0.1) is 5.82 Å². The molecule has 0 radical (unpaired) electrons. The minimum Gasteiger partial charge on any atom is -0.343 e. The summed E-state index contributed by atoms with van der Waals surface area (Å²) in [5, 5.41) is 1.13. The Morgan fingerprint density at radius 2 is 2.11 bits per heavy atom. The summed E-state index contributed by atoms with van der Waals surface area (Å²) in [5.74, 6) is -0.0369. The van der Waals surface area contributed by atoms with Crippen LogP contribution in [0.25, 0.3) is 22.2 Å². The van der Waals surface area contributed by atoms with Gasteiger partial charge in [0.2, 0.25) is 5.91 Å². The lowest BCUT2D eigenvalue weighted by atomic mass is 9.88. The Kier molecular flexibility index (Phi) is 4.85. The van der Waals surface area contributed by atoms with Gasteiger partial charge in [-0.3, -0.25) is 4.79 Å². The van der Waals surface area contributed by atoms with E-state index in [1.807, 2.05) is 18.2 Å². The number of piperidine rings is 1. The van der Waals surface area contributed by atoms with E-state index in [2.05, 4.69) is 9.97 Å². The normalized spacial score (nSPS) is 15.4. The molecule has 3 heterocycles. The Labute approximate surface area is 161 Å². The van der Waals surface area contributed by atoms with E-state index >= 15 is 0 Å². The fourth-order valence-electron chi connectivity index (χ4n) is 3.85. The zero-order valence-electron chi connectivity index (χ0n) is 14.7. The van der Waals surface area contributed by atoms with Crippen molar-refractivity contribution in [3.05, 3.63) is 53.1 Å². The number of halogens is 2. The average molecular weight is 387 g/mol. The molecule has 1 saturated heterocycles. The van der Waals surface area contributed by atoms with Crippen LogP contribution in [0.3, 0.4) is 0 Å². The summed E-state index contributed by atoms with van der Waals surface area (Å²) in [6.45, 7) is 1.44. The highest BCUT2D eigenvalue weighted by Gasteiger charge is 2.24. The average Bonchev–Trinajstić information content (AvgIpc) is 3.09. The van der Waals surface area contributed by atoms with Crippen LogP contribution < -0.4 is 5.73 Å². The summed E-state index contributed by atoms with van der Waals surface area (Å²) in [4.78, 5) is 20.5. The van der Waals surface area contributed by atoms with Gasteiger partial charge in [-0.15, -0.1) is 0 Å². The molecule has 27 heavy (non-hydrogen) atoms. The third-order valence-electron chi connectivity index (χ3n) is 5.30. The number of pyridine rings is 1. The molecular weight excluding hydrogens is 367 g/mol. The number of H-pyrrole nitrogens is 1. The Balaban J connectivity index is 1.60. The van der Waals surface area contributed by atoms with Crippen molar-refractivity contribution in [1.29, 1.82) is 0 Å². The van der Waals surface area contributed by atoms with Crippen molar-refractivity contribution in [2.45, 2.75) is 18.8 Å². The number of aromatic nitrogens is 2. The fourth-order valence-corrected chi connectivity index (χ4v) is 4.19. The second-order valence-electron chi connectivity index (χ2n) is 6.81. The van der Waals surface area contributed by atoms with Crippen LogP contribution in [0.2, 0.25) is 5.02 Å². The maximum Gasteiger partial charge on any atom is 0.236 e. The molecule has 1 fully saturated rings. The van der Waals surface area contributed by atoms with E-state index in [1.165, 1.54) is 6.20 Å². The SMILES string of the molecule is NCC(=O)N1CCC(c2ccc(-c3ccnc4[nH]cc(F)c34)cc2Cl)CC1. The molecule has 0 bridgehead atoms. The van der Waals surface area contributed by atoms with Crippen LogP contribution in [-0.2, 0) is 4.79 Å². The highest BCUT2D eigenvalue weighted by atomic mass is 35.5. The number of hydrogen-bond donors (Lipinski definition) is 2. The number of nitrogens with one attached hydrogen (secondary N) is 1. The number of nitrogens with two attached hydrogens (primary N) is 1. The van der Waals surface area contributed by atoms with Crippen LogP contribution in [0.15, 0.2) is 36.7 Å². The molecule has 2 aromatic heterocycles. The van der Waals surface area contributed by atoms with Gasteiger partial charge in [0.05, 0.1) is 11.9 Å². The molecule has 0 saturated carbocycles. The molecule has 4 rings (SSSR count). The molecule has 1 aliphatic heterocycles. The molecule has 1 amide bonds. The summed E-state index contributed by atoms with van der Waals surface area (Å²) in [6, 6.07) is 7.66. The van der Waals surface area contributed by atoms with Gasteiger partial charge in [-0.1, -0.05) is 23.7 Å². The molecule has 0 aliphatic carbocycles. The van der Waals surface area contributed by atoms with Crippen molar-refractivity contribution in [1.82, 2.24) is 14.9 Å². The van der Waals surface area contributed by atoms with Crippen LogP contribution >= 0.6 is 11.6 Å². The van der Waals surface area contributed by atoms with Crippen molar-refractivity contribution in [2.24, 2.45) is 5.73 Å². The lowest BCUT2D eigenvalue weighted by molar-refractivity contribution is -0.130. The lowest BCUT2D eigenvalue weighted by Crippen LogP contribution is -2.41. The highest BCUT2D eigenvalue weighted by molar-refractivity contribution is 6.31. The molecular formula is C20H20ClFN4O. The molecule has 0 unspecified atom stereocenters. The third-order valence-corrected chi connectivity index (χ3v) is 5.63. The number of hydrogen-bond acceptors (Lipinski definition) is 3.